The molecule has 0 saturated carbocycles. The smallest absolute Gasteiger partial charge is 0.319 e. The summed E-state index contributed by atoms with van der Waals surface area (Å²) in [5.74, 6) is 0.0363. The molecule has 1 N–H and O–H groups in total. The number of rotatable bonds is 5. The molecule has 2 fully saturated rings. The molecule has 1 amide bonds. The minimum Gasteiger partial charge on any atom is -0.468 e. The molecule has 2 saturated heterocycles. The summed E-state index contributed by atoms with van der Waals surface area (Å²) in [6.07, 6.45) is 3.95. The van der Waals surface area contributed by atoms with E-state index < -0.39 is 0 Å². The van der Waals surface area contributed by atoms with Gasteiger partial charge in [0.25, 0.3) is 0 Å². The van der Waals surface area contributed by atoms with Crippen molar-refractivity contribution in [1.29, 1.82) is 0 Å². The van der Waals surface area contributed by atoms with Crippen molar-refractivity contribution in [2.24, 2.45) is 0 Å². The molecule has 0 aliphatic carbocycles. The zero-order valence-electron chi connectivity index (χ0n) is 13.2. The second-order valence-corrected chi connectivity index (χ2v) is 6.01. The molecular formula is C15H27N3O3. The minimum atomic E-state index is -0.334. The van der Waals surface area contributed by atoms with Crippen molar-refractivity contribution in [3.05, 3.63) is 0 Å². The Kier molecular flexibility index (Phi) is 5.58. The highest BCUT2D eigenvalue weighted by Gasteiger charge is 2.43. The van der Waals surface area contributed by atoms with E-state index in [-0.39, 0.29) is 17.4 Å². The lowest BCUT2D eigenvalue weighted by atomic mass is 9.90. The van der Waals surface area contributed by atoms with Crippen LogP contribution in [-0.4, -0.2) is 73.6 Å². The van der Waals surface area contributed by atoms with Crippen molar-refractivity contribution in [3.63, 3.8) is 0 Å². The molecule has 0 bridgehead atoms. The third-order valence-electron chi connectivity index (χ3n) is 4.57. The lowest BCUT2D eigenvalue weighted by Crippen LogP contribution is -2.59. The summed E-state index contributed by atoms with van der Waals surface area (Å²) in [6, 6.07) is 0. The number of carbonyl (C=O) groups excluding carboxylic acids is 2. The molecule has 2 rings (SSSR count). The predicted octanol–water partition coefficient (Wildman–Crippen LogP) is 0.226. The van der Waals surface area contributed by atoms with Crippen molar-refractivity contribution >= 4 is 11.9 Å². The van der Waals surface area contributed by atoms with E-state index in [0.717, 1.165) is 45.3 Å². The first kappa shape index (κ1) is 16.2. The first-order valence-electron chi connectivity index (χ1n) is 7.95. The number of esters is 1. The van der Waals surface area contributed by atoms with E-state index in [1.807, 2.05) is 9.80 Å². The number of hydrogen-bond donors (Lipinski definition) is 1. The van der Waals surface area contributed by atoms with Crippen LogP contribution in [0.4, 0.5) is 0 Å². The second-order valence-electron chi connectivity index (χ2n) is 6.01. The SMILES string of the molecule is CCCC1(C(=O)N2CCN(CC(=O)OC)CC2)CCCN1. The molecule has 2 aliphatic heterocycles. The lowest BCUT2D eigenvalue weighted by molar-refractivity contribution is -0.144. The zero-order valence-corrected chi connectivity index (χ0v) is 13.2. The number of carbonyl (C=O) groups is 2. The highest BCUT2D eigenvalue weighted by molar-refractivity contribution is 5.87. The molecule has 0 spiro atoms. The van der Waals surface area contributed by atoms with Gasteiger partial charge in [0, 0.05) is 26.2 Å². The van der Waals surface area contributed by atoms with Gasteiger partial charge in [0.1, 0.15) is 0 Å². The van der Waals surface area contributed by atoms with Gasteiger partial charge in [-0.25, -0.2) is 0 Å². The van der Waals surface area contributed by atoms with Gasteiger partial charge in [-0.05, 0) is 25.8 Å². The molecule has 0 aromatic heterocycles. The zero-order chi connectivity index (χ0) is 15.3. The van der Waals surface area contributed by atoms with Gasteiger partial charge >= 0.3 is 5.97 Å². The molecule has 120 valence electrons. The first-order valence-corrected chi connectivity index (χ1v) is 7.95. The fourth-order valence-electron chi connectivity index (χ4n) is 3.39. The average Bonchev–Trinajstić information content (AvgIpc) is 2.97. The van der Waals surface area contributed by atoms with Crippen LogP contribution in [0.25, 0.3) is 0 Å². The Labute approximate surface area is 126 Å². The van der Waals surface area contributed by atoms with Crippen LogP contribution in [-0.2, 0) is 14.3 Å². The van der Waals surface area contributed by atoms with Gasteiger partial charge < -0.3 is 15.0 Å². The fourth-order valence-corrected chi connectivity index (χ4v) is 3.39. The normalized spacial score (nSPS) is 26.9. The number of methoxy groups -OCH3 is 1. The van der Waals surface area contributed by atoms with E-state index >= 15 is 0 Å². The van der Waals surface area contributed by atoms with Gasteiger partial charge in [-0.3, -0.25) is 14.5 Å². The molecule has 0 radical (unpaired) electrons. The number of piperazine rings is 1. The minimum absolute atomic E-state index is 0.213. The Hall–Kier alpha value is -1.14. The van der Waals surface area contributed by atoms with Crippen molar-refractivity contribution in [1.82, 2.24) is 15.1 Å². The van der Waals surface area contributed by atoms with Crippen LogP contribution < -0.4 is 5.32 Å². The number of ether oxygens (including phenoxy) is 1. The lowest BCUT2D eigenvalue weighted by Gasteiger charge is -2.39. The van der Waals surface area contributed by atoms with Gasteiger partial charge in [-0.2, -0.15) is 0 Å². The summed E-state index contributed by atoms with van der Waals surface area (Å²) in [5.41, 5.74) is -0.334. The van der Waals surface area contributed by atoms with E-state index in [2.05, 4.69) is 17.0 Å². The highest BCUT2D eigenvalue weighted by atomic mass is 16.5. The Morgan fingerprint density at radius 3 is 2.48 bits per heavy atom. The van der Waals surface area contributed by atoms with E-state index in [4.69, 9.17) is 0 Å². The quantitative estimate of drug-likeness (QED) is 0.736. The van der Waals surface area contributed by atoms with E-state index in [9.17, 15) is 9.59 Å². The molecule has 6 heteroatoms. The van der Waals surface area contributed by atoms with Crippen LogP contribution in [0.5, 0.6) is 0 Å². The van der Waals surface area contributed by atoms with Crippen LogP contribution in [0.15, 0.2) is 0 Å². The predicted molar refractivity (Wildman–Crippen MR) is 79.9 cm³/mol. The van der Waals surface area contributed by atoms with Gasteiger partial charge in [-0.15, -0.1) is 0 Å². The van der Waals surface area contributed by atoms with Crippen molar-refractivity contribution in [2.75, 3.05) is 46.4 Å². The summed E-state index contributed by atoms with van der Waals surface area (Å²) in [5, 5.41) is 3.44. The standard InChI is InChI=1S/C15H27N3O3/c1-3-5-15(6-4-7-16-15)14(20)18-10-8-17(9-11-18)12-13(19)21-2/h16H,3-12H2,1-2H3. The third kappa shape index (κ3) is 3.74. The van der Waals surface area contributed by atoms with Gasteiger partial charge in [-0.1, -0.05) is 13.3 Å². The topological polar surface area (TPSA) is 61.9 Å². The number of nitrogens with one attached hydrogen (secondary N) is 1. The fraction of sp³-hybridized carbons (Fsp3) is 0.867. The first-order chi connectivity index (χ1) is 10.1. The Bertz CT molecular complexity index is 372. The molecule has 2 aliphatic rings. The number of nitrogens with zero attached hydrogens (tertiary/aromatic N) is 2. The van der Waals surface area contributed by atoms with Gasteiger partial charge in [0.2, 0.25) is 5.91 Å². The summed E-state index contributed by atoms with van der Waals surface area (Å²) in [4.78, 5) is 28.1. The van der Waals surface area contributed by atoms with Crippen LogP contribution >= 0.6 is 0 Å². The average molecular weight is 297 g/mol. The third-order valence-corrected chi connectivity index (χ3v) is 4.57. The van der Waals surface area contributed by atoms with Crippen molar-refractivity contribution in [3.8, 4) is 0 Å². The van der Waals surface area contributed by atoms with Crippen LogP contribution in [0.3, 0.4) is 0 Å². The summed E-state index contributed by atoms with van der Waals surface area (Å²) in [7, 11) is 1.41. The molecule has 21 heavy (non-hydrogen) atoms. The summed E-state index contributed by atoms with van der Waals surface area (Å²) in [6.45, 7) is 6.26. The second kappa shape index (κ2) is 7.22. The summed E-state index contributed by atoms with van der Waals surface area (Å²) < 4.78 is 4.69. The van der Waals surface area contributed by atoms with E-state index in [0.29, 0.717) is 19.6 Å². The molecule has 1 atom stereocenters. The van der Waals surface area contributed by atoms with Crippen LogP contribution in [0.1, 0.15) is 32.6 Å². The highest BCUT2D eigenvalue weighted by Crippen LogP contribution is 2.27. The van der Waals surface area contributed by atoms with Crippen LogP contribution in [0, 0.1) is 0 Å². The van der Waals surface area contributed by atoms with Gasteiger partial charge in [0.05, 0.1) is 19.2 Å². The van der Waals surface area contributed by atoms with Crippen LogP contribution in [0.2, 0.25) is 0 Å². The molecular weight excluding hydrogens is 270 g/mol. The molecule has 0 aromatic carbocycles. The Morgan fingerprint density at radius 2 is 1.95 bits per heavy atom. The molecule has 2 heterocycles. The van der Waals surface area contributed by atoms with E-state index in [1.54, 1.807) is 0 Å². The number of amides is 1. The van der Waals surface area contributed by atoms with Crippen molar-refractivity contribution in [2.45, 2.75) is 38.1 Å². The maximum Gasteiger partial charge on any atom is 0.319 e. The molecule has 0 aromatic rings. The molecule has 6 nitrogen and oxygen atoms in total. The maximum absolute atomic E-state index is 12.9. The van der Waals surface area contributed by atoms with Crippen molar-refractivity contribution < 1.29 is 14.3 Å². The largest absolute Gasteiger partial charge is 0.468 e. The number of hydrogen-bond acceptors (Lipinski definition) is 5. The Balaban J connectivity index is 1.89. The van der Waals surface area contributed by atoms with E-state index in [1.165, 1.54) is 7.11 Å². The summed E-state index contributed by atoms with van der Waals surface area (Å²) >= 11 is 0. The van der Waals surface area contributed by atoms with Gasteiger partial charge in [0.15, 0.2) is 0 Å². The monoisotopic (exact) mass is 297 g/mol. The Morgan fingerprint density at radius 1 is 1.24 bits per heavy atom. The maximum atomic E-state index is 12.9. The molecule has 1 unspecified atom stereocenters.